The standard InChI is InChI=1S/C35H41N3O5S/c1-9-24-11-21-14-31-22(12-26(21)23(19-44(40,41)42)18-34(4,5)36-24)13-28-32(43-31)27-15-25-20(3)17-35(6,7)38(10-2)30(25)16-29(27)37(8)33(28)39/h11-18,24,36H,9-10,19H2,1-8H3,(H,40,41,42)/p+1/b21-11+,23-18-/t24-/m0/s1. The topological polar surface area (TPSA) is 105 Å². The van der Waals surface area contributed by atoms with Crippen LogP contribution in [-0.2, 0) is 17.2 Å². The second-order valence-corrected chi connectivity index (χ2v) is 15.0. The van der Waals surface area contributed by atoms with E-state index in [1.165, 1.54) is 5.57 Å². The number of allylic oxidation sites excluding steroid dienone is 1. The first kappa shape index (κ1) is 30.4. The van der Waals surface area contributed by atoms with Gasteiger partial charge in [0, 0.05) is 41.9 Å². The molecule has 0 saturated heterocycles. The number of fused-ring (bicyclic) bond motifs is 6. The molecular weight excluding hydrogens is 574 g/mol. The SMILES string of the molecule is CC[C@H]1/C=c2\cc3c(cc2/C(CS(=O)(=O)O)=C\C(C)(C)[NH2+]1)=Cc1c(c2cc4c(cc2n(C)c1=O)N(CC)C(C)(C)C=C4C)O3. The monoisotopic (exact) mass is 616 g/mol. The lowest BCUT2D eigenvalue weighted by atomic mass is 9.87. The summed E-state index contributed by atoms with van der Waals surface area (Å²) >= 11 is 0. The minimum absolute atomic E-state index is 0.144. The maximum absolute atomic E-state index is 13.8. The summed E-state index contributed by atoms with van der Waals surface area (Å²) < 4.78 is 42.4. The highest BCUT2D eigenvalue weighted by Crippen LogP contribution is 2.43. The third-order valence-corrected chi connectivity index (χ3v) is 9.91. The summed E-state index contributed by atoms with van der Waals surface area (Å²) in [5.74, 6) is 0.622. The maximum atomic E-state index is 13.8. The number of ether oxygens (including phenoxy) is 1. The van der Waals surface area contributed by atoms with Crippen molar-refractivity contribution in [2.45, 2.75) is 72.0 Å². The number of hydrogen-bond donors (Lipinski definition) is 2. The minimum atomic E-state index is -4.29. The number of aromatic nitrogens is 1. The normalized spacial score (nSPS) is 21.9. The largest absolute Gasteiger partial charge is 0.455 e. The van der Waals surface area contributed by atoms with E-state index in [0.29, 0.717) is 33.4 Å². The predicted octanol–water partition coefficient (Wildman–Crippen LogP) is 3.68. The van der Waals surface area contributed by atoms with Crippen LogP contribution in [0.3, 0.4) is 0 Å². The summed E-state index contributed by atoms with van der Waals surface area (Å²) in [6, 6.07) is 8.22. The van der Waals surface area contributed by atoms with Gasteiger partial charge in [0.05, 0.1) is 16.6 Å². The highest BCUT2D eigenvalue weighted by Gasteiger charge is 2.33. The molecule has 3 N–H and O–H groups in total. The van der Waals surface area contributed by atoms with Crippen molar-refractivity contribution < 1.29 is 23.0 Å². The molecule has 1 aromatic heterocycles. The lowest BCUT2D eigenvalue weighted by Gasteiger charge is -2.43. The van der Waals surface area contributed by atoms with Crippen molar-refractivity contribution in [2.75, 3.05) is 17.2 Å². The Hall–Kier alpha value is -3.66. The van der Waals surface area contributed by atoms with Gasteiger partial charge in [0.1, 0.15) is 28.8 Å². The molecule has 0 radical (unpaired) electrons. The van der Waals surface area contributed by atoms with Gasteiger partial charge in [-0.25, -0.2) is 0 Å². The minimum Gasteiger partial charge on any atom is -0.455 e. The predicted molar refractivity (Wildman–Crippen MR) is 178 cm³/mol. The molecule has 0 aliphatic carbocycles. The Morgan fingerprint density at radius 2 is 1.75 bits per heavy atom. The van der Waals surface area contributed by atoms with Crippen molar-refractivity contribution in [1.82, 2.24) is 4.57 Å². The first-order valence-electron chi connectivity index (χ1n) is 15.3. The molecule has 3 aliphatic heterocycles. The number of rotatable bonds is 4. The van der Waals surface area contributed by atoms with Crippen molar-refractivity contribution in [3.8, 4) is 11.5 Å². The maximum Gasteiger partial charge on any atom is 0.269 e. The number of aryl methyl sites for hydroxylation is 1. The van der Waals surface area contributed by atoms with Gasteiger partial charge in [0.2, 0.25) is 0 Å². The van der Waals surface area contributed by atoms with Crippen LogP contribution in [0.4, 0.5) is 5.69 Å². The van der Waals surface area contributed by atoms with E-state index >= 15 is 0 Å². The fraction of sp³-hybridized carbons (Fsp3) is 0.400. The van der Waals surface area contributed by atoms with Gasteiger partial charge >= 0.3 is 0 Å². The third-order valence-electron chi connectivity index (χ3n) is 9.23. The molecule has 0 unspecified atom stereocenters. The molecule has 0 bridgehead atoms. The summed E-state index contributed by atoms with van der Waals surface area (Å²) in [4.78, 5) is 16.2. The van der Waals surface area contributed by atoms with Crippen molar-refractivity contribution in [3.63, 3.8) is 0 Å². The van der Waals surface area contributed by atoms with E-state index in [2.05, 4.69) is 69.1 Å². The molecule has 0 fully saturated rings. The zero-order valence-electron chi connectivity index (χ0n) is 26.8. The van der Waals surface area contributed by atoms with E-state index in [4.69, 9.17) is 4.74 Å². The number of likely N-dealkylation sites (N-methyl/N-ethyl adjacent to an activating group) is 1. The first-order chi connectivity index (χ1) is 20.5. The number of hydrogen-bond acceptors (Lipinski definition) is 5. The molecule has 6 rings (SSSR count). The Labute approximate surface area is 258 Å². The second kappa shape index (κ2) is 10.2. The van der Waals surface area contributed by atoms with Crippen LogP contribution < -0.4 is 31.0 Å². The van der Waals surface area contributed by atoms with Crippen molar-refractivity contribution >= 4 is 50.0 Å². The highest BCUT2D eigenvalue weighted by molar-refractivity contribution is 7.86. The molecule has 3 aliphatic rings. The van der Waals surface area contributed by atoms with E-state index in [9.17, 15) is 17.8 Å². The van der Waals surface area contributed by atoms with Crippen LogP contribution in [0.15, 0.2) is 41.2 Å². The Morgan fingerprint density at radius 1 is 1.02 bits per heavy atom. The van der Waals surface area contributed by atoms with E-state index < -0.39 is 21.4 Å². The van der Waals surface area contributed by atoms with Crippen LogP contribution in [0.5, 0.6) is 11.5 Å². The van der Waals surface area contributed by atoms with Gasteiger partial charge in [-0.2, -0.15) is 8.42 Å². The number of quaternary nitrogens is 1. The molecule has 0 spiro atoms. The van der Waals surface area contributed by atoms with Crippen molar-refractivity contribution in [1.29, 1.82) is 0 Å². The van der Waals surface area contributed by atoms with Crippen molar-refractivity contribution in [3.05, 3.63) is 73.9 Å². The molecule has 44 heavy (non-hydrogen) atoms. The van der Waals surface area contributed by atoms with Crippen LogP contribution >= 0.6 is 0 Å². The van der Waals surface area contributed by atoms with Gasteiger partial charge in [0.25, 0.3) is 15.7 Å². The molecule has 3 aromatic rings. The molecule has 8 nitrogen and oxygen atoms in total. The zero-order chi connectivity index (χ0) is 31.9. The molecule has 0 amide bonds. The number of pyridine rings is 1. The van der Waals surface area contributed by atoms with Gasteiger partial charge < -0.3 is 19.5 Å². The summed E-state index contributed by atoms with van der Waals surface area (Å²) in [5.41, 5.74) is 5.13. The first-order valence-corrected chi connectivity index (χ1v) is 16.9. The molecule has 4 heterocycles. The third kappa shape index (κ3) is 5.10. The van der Waals surface area contributed by atoms with Crippen molar-refractivity contribution in [2.24, 2.45) is 7.05 Å². The molecule has 232 valence electrons. The van der Waals surface area contributed by atoms with Crippen LogP contribution in [0, 0.1) is 0 Å². The fourth-order valence-electron chi connectivity index (χ4n) is 7.37. The van der Waals surface area contributed by atoms with E-state index in [1.54, 1.807) is 11.6 Å². The van der Waals surface area contributed by atoms with E-state index in [1.807, 2.05) is 38.1 Å². The molecule has 9 heteroatoms. The Morgan fingerprint density at radius 3 is 2.41 bits per heavy atom. The van der Waals surface area contributed by atoms with Crippen LogP contribution in [0.1, 0.15) is 71.6 Å². The average molecular weight is 617 g/mol. The smallest absolute Gasteiger partial charge is 0.269 e. The van der Waals surface area contributed by atoms with Gasteiger partial charge in [-0.15, -0.1) is 0 Å². The number of nitrogens with zero attached hydrogens (tertiary/aromatic N) is 2. The zero-order valence-corrected chi connectivity index (χ0v) is 27.6. The van der Waals surface area contributed by atoms with Gasteiger partial charge in [-0.3, -0.25) is 9.35 Å². The fourth-order valence-corrected chi connectivity index (χ4v) is 8.00. The quantitative estimate of drug-likeness (QED) is 0.339. The molecular formula is C35H42N3O5S+. The summed E-state index contributed by atoms with van der Waals surface area (Å²) in [7, 11) is -2.50. The van der Waals surface area contributed by atoms with Gasteiger partial charge in [-0.05, 0) is 106 Å². The molecule has 2 aromatic carbocycles. The summed E-state index contributed by atoms with van der Waals surface area (Å²) in [6.07, 6.45) is 9.07. The van der Waals surface area contributed by atoms with Crippen LogP contribution in [-0.4, -0.2) is 47.0 Å². The Kier molecular flexibility index (Phi) is 7.03. The average Bonchev–Trinajstić information content (AvgIpc) is 2.91. The summed E-state index contributed by atoms with van der Waals surface area (Å²) in [6.45, 7) is 15.7. The second-order valence-electron chi connectivity index (χ2n) is 13.6. The van der Waals surface area contributed by atoms with Crippen LogP contribution in [0.25, 0.3) is 34.2 Å². The number of nitrogens with two attached hydrogens (primary N) is 1. The lowest BCUT2D eigenvalue weighted by Crippen LogP contribution is -2.99. The van der Waals surface area contributed by atoms with Gasteiger partial charge in [-0.1, -0.05) is 13.0 Å². The highest BCUT2D eigenvalue weighted by atomic mass is 32.2. The Balaban J connectivity index is 1.63. The van der Waals surface area contributed by atoms with E-state index in [0.717, 1.165) is 40.3 Å². The summed E-state index contributed by atoms with van der Waals surface area (Å²) in [5, 5.41) is 4.58. The number of anilines is 1. The van der Waals surface area contributed by atoms with Crippen LogP contribution in [0.2, 0.25) is 0 Å². The van der Waals surface area contributed by atoms with E-state index in [-0.39, 0.29) is 17.1 Å². The Bertz CT molecular complexity index is 2100. The molecule has 1 atom stereocenters. The van der Waals surface area contributed by atoms with Gasteiger partial charge in [0.15, 0.2) is 0 Å². The molecule has 0 saturated carbocycles. The lowest BCUT2D eigenvalue weighted by molar-refractivity contribution is -0.727. The number of benzene rings is 2.